The first-order valence-corrected chi connectivity index (χ1v) is 11.1. The Morgan fingerprint density at radius 1 is 1.00 bits per heavy atom. The van der Waals surface area contributed by atoms with E-state index in [0.29, 0.717) is 23.1 Å². The number of hydrogen-bond donors (Lipinski definition) is 0. The van der Waals surface area contributed by atoms with Crippen molar-refractivity contribution in [2.45, 2.75) is 38.2 Å². The van der Waals surface area contributed by atoms with Gasteiger partial charge in [-0.2, -0.15) is 0 Å². The molecule has 3 rings (SSSR count). The second-order valence-electron chi connectivity index (χ2n) is 6.55. The SMILES string of the molecule is Cc1cc(CS(=O)(=O)Cc2csc(C(C)C)n2)nc(-c2ccccc2)n1. The predicted octanol–water partition coefficient (Wildman–Crippen LogP) is 4.15. The van der Waals surface area contributed by atoms with E-state index in [9.17, 15) is 8.42 Å². The molecule has 26 heavy (non-hydrogen) atoms. The van der Waals surface area contributed by atoms with Gasteiger partial charge in [-0.1, -0.05) is 44.2 Å². The van der Waals surface area contributed by atoms with E-state index in [1.807, 2.05) is 56.5 Å². The highest BCUT2D eigenvalue weighted by Crippen LogP contribution is 2.22. The van der Waals surface area contributed by atoms with Crippen LogP contribution in [0.1, 0.15) is 41.9 Å². The van der Waals surface area contributed by atoms with Crippen molar-refractivity contribution >= 4 is 21.2 Å². The van der Waals surface area contributed by atoms with Crippen molar-refractivity contribution in [1.82, 2.24) is 15.0 Å². The molecular formula is C19H21N3O2S2. The first kappa shape index (κ1) is 18.7. The van der Waals surface area contributed by atoms with Crippen LogP contribution >= 0.6 is 11.3 Å². The Hall–Kier alpha value is -2.12. The van der Waals surface area contributed by atoms with Crippen LogP contribution in [0.15, 0.2) is 41.8 Å². The van der Waals surface area contributed by atoms with Crippen LogP contribution in [0, 0.1) is 6.92 Å². The topological polar surface area (TPSA) is 72.8 Å². The minimum absolute atomic E-state index is 0.0695. The van der Waals surface area contributed by atoms with E-state index in [0.717, 1.165) is 16.3 Å². The Morgan fingerprint density at radius 3 is 2.35 bits per heavy atom. The molecule has 0 atom stereocenters. The maximum absolute atomic E-state index is 12.6. The first-order chi connectivity index (χ1) is 12.3. The summed E-state index contributed by atoms with van der Waals surface area (Å²) in [7, 11) is -3.36. The third kappa shape index (κ3) is 4.74. The maximum Gasteiger partial charge on any atom is 0.161 e. The number of aryl methyl sites for hydroxylation is 1. The Balaban J connectivity index is 1.82. The minimum atomic E-state index is -3.36. The fourth-order valence-electron chi connectivity index (χ4n) is 2.58. The van der Waals surface area contributed by atoms with Crippen LogP contribution in [-0.4, -0.2) is 23.4 Å². The van der Waals surface area contributed by atoms with Gasteiger partial charge in [0.25, 0.3) is 0 Å². The summed E-state index contributed by atoms with van der Waals surface area (Å²) < 4.78 is 25.2. The molecule has 5 nitrogen and oxygen atoms in total. The van der Waals surface area contributed by atoms with Gasteiger partial charge >= 0.3 is 0 Å². The van der Waals surface area contributed by atoms with Gasteiger partial charge in [0.15, 0.2) is 15.7 Å². The summed E-state index contributed by atoms with van der Waals surface area (Å²) in [6, 6.07) is 11.3. The maximum atomic E-state index is 12.6. The fraction of sp³-hybridized carbons (Fsp3) is 0.316. The van der Waals surface area contributed by atoms with E-state index >= 15 is 0 Å². The fourth-order valence-corrected chi connectivity index (χ4v) is 4.82. The van der Waals surface area contributed by atoms with E-state index in [-0.39, 0.29) is 11.5 Å². The largest absolute Gasteiger partial charge is 0.245 e. The smallest absolute Gasteiger partial charge is 0.161 e. The van der Waals surface area contributed by atoms with Crippen LogP contribution in [0.2, 0.25) is 0 Å². The lowest BCUT2D eigenvalue weighted by molar-refractivity contribution is 0.593. The zero-order chi connectivity index (χ0) is 18.7. The van der Waals surface area contributed by atoms with Gasteiger partial charge in [0.05, 0.1) is 27.9 Å². The zero-order valence-electron chi connectivity index (χ0n) is 15.0. The van der Waals surface area contributed by atoms with Crippen LogP contribution in [0.25, 0.3) is 11.4 Å². The molecule has 0 aliphatic carbocycles. The molecule has 0 radical (unpaired) electrons. The summed E-state index contributed by atoms with van der Waals surface area (Å²) in [5.41, 5.74) is 2.74. The van der Waals surface area contributed by atoms with Crippen molar-refractivity contribution in [2.24, 2.45) is 0 Å². The van der Waals surface area contributed by atoms with E-state index in [1.54, 1.807) is 6.07 Å². The summed E-state index contributed by atoms with van der Waals surface area (Å²) in [5.74, 6) is 0.658. The minimum Gasteiger partial charge on any atom is -0.245 e. The number of nitrogens with zero attached hydrogens (tertiary/aromatic N) is 3. The number of benzene rings is 1. The Labute approximate surface area is 158 Å². The summed E-state index contributed by atoms with van der Waals surface area (Å²) in [5, 5.41) is 2.78. The van der Waals surface area contributed by atoms with E-state index in [2.05, 4.69) is 15.0 Å². The van der Waals surface area contributed by atoms with Crippen LogP contribution in [0.3, 0.4) is 0 Å². The first-order valence-electron chi connectivity index (χ1n) is 8.37. The van der Waals surface area contributed by atoms with Gasteiger partial charge in [0.1, 0.15) is 0 Å². The predicted molar refractivity (Wildman–Crippen MR) is 105 cm³/mol. The van der Waals surface area contributed by atoms with Gasteiger partial charge in [0.2, 0.25) is 0 Å². The van der Waals surface area contributed by atoms with E-state index in [4.69, 9.17) is 0 Å². The van der Waals surface area contributed by atoms with Crippen LogP contribution in [0.5, 0.6) is 0 Å². The lowest BCUT2D eigenvalue weighted by Crippen LogP contribution is -2.10. The molecule has 2 aromatic heterocycles. The summed E-state index contributed by atoms with van der Waals surface area (Å²) >= 11 is 1.51. The molecule has 0 aliphatic heterocycles. The molecule has 0 saturated carbocycles. The molecule has 1 aromatic carbocycles. The molecule has 2 heterocycles. The van der Waals surface area contributed by atoms with Crippen LogP contribution < -0.4 is 0 Å². The van der Waals surface area contributed by atoms with Crippen molar-refractivity contribution in [3.8, 4) is 11.4 Å². The van der Waals surface area contributed by atoms with Gasteiger partial charge in [-0.05, 0) is 13.0 Å². The lowest BCUT2D eigenvalue weighted by atomic mass is 10.2. The molecule has 0 N–H and O–H groups in total. The zero-order valence-corrected chi connectivity index (χ0v) is 16.6. The molecule has 7 heteroatoms. The van der Waals surface area contributed by atoms with Crippen molar-refractivity contribution in [1.29, 1.82) is 0 Å². The Kier molecular flexibility index (Phi) is 5.48. The molecule has 0 saturated heterocycles. The standard InChI is InChI=1S/C19H21N3O2S2/c1-13(2)19-22-17(10-25-19)12-26(23,24)11-16-9-14(3)20-18(21-16)15-7-5-4-6-8-15/h4-10,13H,11-12H2,1-3H3. The molecule has 0 unspecified atom stereocenters. The Bertz CT molecular complexity index is 997. The van der Waals surface area contributed by atoms with E-state index < -0.39 is 9.84 Å². The average molecular weight is 388 g/mol. The molecule has 0 fully saturated rings. The van der Waals surface area contributed by atoms with Gasteiger partial charge in [-0.3, -0.25) is 0 Å². The number of aromatic nitrogens is 3. The molecule has 0 aliphatic rings. The van der Waals surface area contributed by atoms with Crippen LogP contribution in [0.4, 0.5) is 0 Å². The van der Waals surface area contributed by atoms with Gasteiger partial charge < -0.3 is 0 Å². The molecular weight excluding hydrogens is 366 g/mol. The average Bonchev–Trinajstić information content (AvgIpc) is 3.02. The highest BCUT2D eigenvalue weighted by atomic mass is 32.2. The second-order valence-corrected chi connectivity index (χ2v) is 9.51. The Morgan fingerprint density at radius 2 is 1.69 bits per heavy atom. The van der Waals surface area contributed by atoms with Gasteiger partial charge in [-0.15, -0.1) is 11.3 Å². The second kappa shape index (κ2) is 7.63. The quantitative estimate of drug-likeness (QED) is 0.635. The lowest BCUT2D eigenvalue weighted by Gasteiger charge is -2.07. The molecule has 0 spiro atoms. The highest BCUT2D eigenvalue weighted by molar-refractivity contribution is 7.89. The van der Waals surface area contributed by atoms with Gasteiger partial charge in [0, 0.05) is 22.6 Å². The normalized spacial score (nSPS) is 11.8. The summed E-state index contributed by atoms with van der Waals surface area (Å²) in [6.07, 6.45) is 0. The van der Waals surface area contributed by atoms with Crippen molar-refractivity contribution < 1.29 is 8.42 Å². The van der Waals surface area contributed by atoms with Crippen molar-refractivity contribution in [3.05, 3.63) is 63.9 Å². The monoisotopic (exact) mass is 387 g/mol. The third-order valence-electron chi connectivity index (χ3n) is 3.74. The summed E-state index contributed by atoms with van der Waals surface area (Å²) in [4.78, 5) is 13.3. The molecule has 136 valence electrons. The molecule has 0 bridgehead atoms. The molecule has 0 amide bonds. The highest BCUT2D eigenvalue weighted by Gasteiger charge is 2.18. The van der Waals surface area contributed by atoms with E-state index in [1.165, 1.54) is 11.3 Å². The number of rotatable bonds is 6. The van der Waals surface area contributed by atoms with Gasteiger partial charge in [-0.25, -0.2) is 23.4 Å². The third-order valence-corrected chi connectivity index (χ3v) is 6.40. The molecule has 3 aromatic rings. The summed E-state index contributed by atoms with van der Waals surface area (Å²) in [6.45, 7) is 5.94. The van der Waals surface area contributed by atoms with Crippen LogP contribution in [-0.2, 0) is 21.3 Å². The van der Waals surface area contributed by atoms with Crippen molar-refractivity contribution in [2.75, 3.05) is 0 Å². The number of hydrogen-bond acceptors (Lipinski definition) is 6. The van der Waals surface area contributed by atoms with Crippen molar-refractivity contribution in [3.63, 3.8) is 0 Å². The number of sulfone groups is 1. The number of thiazole rings is 1.